The summed E-state index contributed by atoms with van der Waals surface area (Å²) in [6, 6.07) is 21.2. The molecule has 2 fully saturated rings. The van der Waals surface area contributed by atoms with Crippen LogP contribution in [0.1, 0.15) is 23.3 Å². The molecule has 2 nitrogen and oxygen atoms in total. The van der Waals surface area contributed by atoms with Gasteiger partial charge in [0.05, 0.1) is 24.4 Å². The summed E-state index contributed by atoms with van der Waals surface area (Å²) in [6.07, 6.45) is 5.09. The van der Waals surface area contributed by atoms with Gasteiger partial charge in [0, 0.05) is 11.8 Å². The number of ether oxygens (including phenoxy) is 2. The summed E-state index contributed by atoms with van der Waals surface area (Å²) in [7, 11) is 0. The average molecular weight is 290 g/mol. The quantitative estimate of drug-likeness (QED) is 0.776. The maximum absolute atomic E-state index is 6.56. The van der Waals surface area contributed by atoms with Crippen LogP contribution < -0.4 is 0 Å². The predicted octanol–water partition coefficient (Wildman–Crippen LogP) is 4.07. The molecule has 22 heavy (non-hydrogen) atoms. The van der Waals surface area contributed by atoms with E-state index in [0.29, 0.717) is 11.8 Å². The molecule has 0 unspecified atom stereocenters. The van der Waals surface area contributed by atoms with E-state index in [1.54, 1.807) is 0 Å². The van der Waals surface area contributed by atoms with E-state index in [9.17, 15) is 0 Å². The van der Waals surface area contributed by atoms with Crippen molar-refractivity contribution >= 4 is 0 Å². The first-order valence-electron chi connectivity index (χ1n) is 8.01. The molecule has 0 spiro atoms. The molecule has 2 aromatic carbocycles. The van der Waals surface area contributed by atoms with Gasteiger partial charge in [0.25, 0.3) is 0 Å². The Morgan fingerprint density at radius 2 is 1.00 bits per heavy atom. The van der Waals surface area contributed by atoms with Crippen molar-refractivity contribution in [1.29, 1.82) is 0 Å². The third kappa shape index (κ3) is 1.74. The lowest BCUT2D eigenvalue weighted by atomic mass is 9.76. The van der Waals surface area contributed by atoms with Crippen molar-refractivity contribution in [3.05, 3.63) is 83.9 Å². The Morgan fingerprint density at radius 1 is 0.545 bits per heavy atom. The molecule has 6 atom stereocenters. The molecule has 3 aliphatic heterocycles. The van der Waals surface area contributed by atoms with E-state index in [4.69, 9.17) is 9.47 Å². The fourth-order valence-corrected chi connectivity index (χ4v) is 4.34. The largest absolute Gasteiger partial charge is 0.366 e. The fourth-order valence-electron chi connectivity index (χ4n) is 4.34. The number of hydrogen-bond donors (Lipinski definition) is 0. The van der Waals surface area contributed by atoms with Crippen LogP contribution >= 0.6 is 0 Å². The second-order valence-corrected chi connectivity index (χ2v) is 6.40. The number of benzene rings is 2. The van der Waals surface area contributed by atoms with Crippen LogP contribution in [-0.4, -0.2) is 12.2 Å². The average Bonchev–Trinajstić information content (AvgIpc) is 3.29. The van der Waals surface area contributed by atoms with E-state index in [1.165, 1.54) is 11.1 Å². The van der Waals surface area contributed by atoms with Gasteiger partial charge in [-0.05, 0) is 11.1 Å². The minimum atomic E-state index is 0.122. The second kappa shape index (κ2) is 4.80. The first kappa shape index (κ1) is 12.6. The molecule has 0 saturated carbocycles. The SMILES string of the molecule is C1=C[C@H]2O[C@@H]1[C@H]1[C@@H]2[C@H](c2ccccc2)O[C@@H]1c1ccccc1. The van der Waals surface area contributed by atoms with Crippen LogP contribution in [0.25, 0.3) is 0 Å². The van der Waals surface area contributed by atoms with Gasteiger partial charge in [-0.15, -0.1) is 0 Å². The number of fused-ring (bicyclic) bond motifs is 5. The molecule has 2 saturated heterocycles. The van der Waals surface area contributed by atoms with Gasteiger partial charge in [0.15, 0.2) is 0 Å². The van der Waals surface area contributed by atoms with Gasteiger partial charge >= 0.3 is 0 Å². The van der Waals surface area contributed by atoms with Crippen LogP contribution in [0.5, 0.6) is 0 Å². The Bertz CT molecular complexity index is 635. The van der Waals surface area contributed by atoms with Crippen LogP contribution in [0.3, 0.4) is 0 Å². The lowest BCUT2D eigenvalue weighted by molar-refractivity contribution is -0.0240. The summed E-state index contributed by atoms with van der Waals surface area (Å²) in [5.74, 6) is 0.838. The molecule has 110 valence electrons. The normalized spacial score (nSPS) is 38.4. The zero-order chi connectivity index (χ0) is 14.5. The van der Waals surface area contributed by atoms with Crippen molar-refractivity contribution in [2.24, 2.45) is 11.8 Å². The monoisotopic (exact) mass is 290 g/mol. The maximum atomic E-state index is 6.56. The Kier molecular flexibility index (Phi) is 2.76. The summed E-state index contributed by atoms with van der Waals surface area (Å²) >= 11 is 0. The minimum absolute atomic E-state index is 0.122. The summed E-state index contributed by atoms with van der Waals surface area (Å²) < 4.78 is 12.7. The van der Waals surface area contributed by atoms with Crippen molar-refractivity contribution in [2.45, 2.75) is 24.4 Å². The molecule has 5 rings (SSSR count). The van der Waals surface area contributed by atoms with E-state index in [-0.39, 0.29) is 24.4 Å². The van der Waals surface area contributed by atoms with Gasteiger partial charge in [-0.2, -0.15) is 0 Å². The van der Waals surface area contributed by atoms with Crippen molar-refractivity contribution in [3.8, 4) is 0 Å². The van der Waals surface area contributed by atoms with Gasteiger partial charge in [-0.1, -0.05) is 72.8 Å². The third-order valence-electron chi connectivity index (χ3n) is 5.26. The first-order valence-corrected chi connectivity index (χ1v) is 8.01. The number of hydrogen-bond acceptors (Lipinski definition) is 2. The van der Waals surface area contributed by atoms with Crippen LogP contribution in [0.4, 0.5) is 0 Å². The van der Waals surface area contributed by atoms with Crippen LogP contribution in [0.15, 0.2) is 72.8 Å². The predicted molar refractivity (Wildman–Crippen MR) is 84.2 cm³/mol. The molecule has 2 bridgehead atoms. The van der Waals surface area contributed by atoms with Gasteiger partial charge in [-0.3, -0.25) is 0 Å². The zero-order valence-corrected chi connectivity index (χ0v) is 12.2. The molecule has 2 heteroatoms. The molecule has 0 aliphatic carbocycles. The van der Waals surface area contributed by atoms with Crippen molar-refractivity contribution in [2.75, 3.05) is 0 Å². The fraction of sp³-hybridized carbons (Fsp3) is 0.300. The van der Waals surface area contributed by atoms with Gasteiger partial charge in [-0.25, -0.2) is 0 Å². The van der Waals surface area contributed by atoms with Crippen molar-refractivity contribution in [3.63, 3.8) is 0 Å². The molecular formula is C20H18O2. The molecule has 2 aromatic rings. The second-order valence-electron chi connectivity index (χ2n) is 6.40. The highest BCUT2D eigenvalue weighted by Crippen LogP contribution is 2.58. The highest BCUT2D eigenvalue weighted by molar-refractivity contribution is 5.30. The van der Waals surface area contributed by atoms with Gasteiger partial charge < -0.3 is 9.47 Å². The van der Waals surface area contributed by atoms with Gasteiger partial charge in [0.2, 0.25) is 0 Å². The topological polar surface area (TPSA) is 18.5 Å². The molecule has 0 radical (unpaired) electrons. The Labute approximate surface area is 130 Å². The smallest absolute Gasteiger partial charge is 0.0894 e. The zero-order valence-electron chi connectivity index (χ0n) is 12.2. The third-order valence-corrected chi connectivity index (χ3v) is 5.26. The van der Waals surface area contributed by atoms with Crippen LogP contribution in [0, 0.1) is 11.8 Å². The summed E-state index contributed by atoms with van der Waals surface area (Å²) in [6.45, 7) is 0. The van der Waals surface area contributed by atoms with Crippen molar-refractivity contribution < 1.29 is 9.47 Å². The van der Waals surface area contributed by atoms with Crippen molar-refractivity contribution in [1.82, 2.24) is 0 Å². The highest BCUT2D eigenvalue weighted by Gasteiger charge is 2.58. The Balaban J connectivity index is 1.57. The molecule has 3 aliphatic rings. The number of rotatable bonds is 2. The van der Waals surface area contributed by atoms with E-state index in [1.807, 2.05) is 0 Å². The standard InChI is InChI=1S/C20H18O2/c1-3-7-13(8-4-1)19-17-15-11-12-16(21-15)18(17)20(22-19)14-9-5-2-6-10-14/h1-12,15-20H/t15-,16+,17-,18+,19+,20-. The highest BCUT2D eigenvalue weighted by atomic mass is 16.5. The molecule has 3 heterocycles. The van der Waals surface area contributed by atoms with Crippen LogP contribution in [0.2, 0.25) is 0 Å². The van der Waals surface area contributed by atoms with E-state index in [0.717, 1.165) is 0 Å². The Hall–Kier alpha value is -1.90. The lowest BCUT2D eigenvalue weighted by Crippen LogP contribution is -2.25. The first-order chi connectivity index (χ1) is 10.9. The molecule has 0 N–H and O–H groups in total. The lowest BCUT2D eigenvalue weighted by Gasteiger charge is -2.22. The molecule has 0 aromatic heterocycles. The Morgan fingerprint density at radius 3 is 1.45 bits per heavy atom. The van der Waals surface area contributed by atoms with Crippen LogP contribution in [-0.2, 0) is 9.47 Å². The van der Waals surface area contributed by atoms with Gasteiger partial charge in [0.1, 0.15) is 0 Å². The summed E-state index contributed by atoms with van der Waals surface area (Å²) in [5, 5.41) is 0. The summed E-state index contributed by atoms with van der Waals surface area (Å²) in [4.78, 5) is 0. The van der Waals surface area contributed by atoms with E-state index < -0.39 is 0 Å². The maximum Gasteiger partial charge on any atom is 0.0894 e. The van der Waals surface area contributed by atoms with E-state index >= 15 is 0 Å². The molecular weight excluding hydrogens is 272 g/mol. The molecule has 0 amide bonds. The minimum Gasteiger partial charge on any atom is -0.366 e. The van der Waals surface area contributed by atoms with E-state index in [2.05, 4.69) is 72.8 Å². The summed E-state index contributed by atoms with van der Waals surface area (Å²) in [5.41, 5.74) is 2.53.